The molecule has 20 heavy (non-hydrogen) atoms. The van der Waals surface area contributed by atoms with Gasteiger partial charge in [-0.05, 0) is 23.8 Å². The number of nitrogens with zero attached hydrogens (tertiary/aromatic N) is 2. The molecule has 6 heteroatoms. The van der Waals surface area contributed by atoms with Gasteiger partial charge in [-0.25, -0.2) is 9.97 Å². The van der Waals surface area contributed by atoms with Crippen LogP contribution in [-0.4, -0.2) is 33.8 Å². The van der Waals surface area contributed by atoms with E-state index in [4.69, 9.17) is 0 Å². The first-order valence-corrected chi connectivity index (χ1v) is 7.04. The van der Waals surface area contributed by atoms with Crippen molar-refractivity contribution in [1.29, 1.82) is 0 Å². The molecule has 1 aliphatic rings. The summed E-state index contributed by atoms with van der Waals surface area (Å²) >= 11 is 1.53. The number of rotatable bonds is 3. The molecule has 5 nitrogen and oxygen atoms in total. The summed E-state index contributed by atoms with van der Waals surface area (Å²) < 4.78 is 0. The van der Waals surface area contributed by atoms with Gasteiger partial charge in [-0.1, -0.05) is 6.07 Å². The number of aromatic nitrogens is 2. The number of carbonyl (C=O) groups is 2. The highest BCUT2D eigenvalue weighted by atomic mass is 32.2. The summed E-state index contributed by atoms with van der Waals surface area (Å²) in [5.74, 6) is 0.174. The van der Waals surface area contributed by atoms with Crippen molar-refractivity contribution in [3.05, 3.63) is 41.3 Å². The molecule has 0 radical (unpaired) electrons. The van der Waals surface area contributed by atoms with E-state index in [0.29, 0.717) is 12.0 Å². The van der Waals surface area contributed by atoms with Gasteiger partial charge in [-0.3, -0.25) is 9.59 Å². The number of fused-ring (bicyclic) bond motifs is 1. The molecule has 2 aromatic rings. The first-order chi connectivity index (χ1) is 9.76. The summed E-state index contributed by atoms with van der Waals surface area (Å²) in [7, 11) is 0. The molecule has 0 spiro atoms. The lowest BCUT2D eigenvalue weighted by atomic mass is 10.1. The average molecular weight is 285 g/mol. The molecular weight excluding hydrogens is 274 g/mol. The fourth-order valence-electron chi connectivity index (χ4n) is 1.99. The number of ketones is 1. The van der Waals surface area contributed by atoms with Crippen LogP contribution in [-0.2, 0) is 9.59 Å². The molecule has 1 N–H and O–H groups in total. The van der Waals surface area contributed by atoms with E-state index in [0.717, 1.165) is 21.5 Å². The van der Waals surface area contributed by atoms with Crippen LogP contribution < -0.4 is 5.32 Å². The summed E-state index contributed by atoms with van der Waals surface area (Å²) in [6.45, 7) is 0. The Kier molecular flexibility index (Phi) is 3.47. The number of hydrogen-bond acceptors (Lipinski definition) is 6. The minimum Gasteiger partial charge on any atom is -0.369 e. The zero-order valence-corrected chi connectivity index (χ0v) is 11.3. The average Bonchev–Trinajstić information content (AvgIpc) is 2.95. The van der Waals surface area contributed by atoms with E-state index in [9.17, 15) is 9.59 Å². The SMILES string of the molecule is O=CC(=O)C1CSC(=Cc2ccc3ncncc3c2)N1. The molecule has 1 aromatic carbocycles. The second kappa shape index (κ2) is 5.42. The van der Waals surface area contributed by atoms with Crippen molar-refractivity contribution < 1.29 is 9.59 Å². The number of thioether (sulfide) groups is 1. The molecule has 3 rings (SSSR count). The highest BCUT2D eigenvalue weighted by Crippen LogP contribution is 2.25. The van der Waals surface area contributed by atoms with Gasteiger partial charge < -0.3 is 5.32 Å². The Hall–Kier alpha value is -2.21. The minimum atomic E-state index is -0.410. The third-order valence-corrected chi connectivity index (χ3v) is 4.05. The number of nitrogens with one attached hydrogen (secondary N) is 1. The fraction of sp³-hybridized carbons (Fsp3) is 0.143. The van der Waals surface area contributed by atoms with E-state index in [1.165, 1.54) is 18.1 Å². The molecule has 0 saturated carbocycles. The summed E-state index contributed by atoms with van der Waals surface area (Å²) in [5.41, 5.74) is 1.89. The van der Waals surface area contributed by atoms with Crippen LogP contribution >= 0.6 is 11.8 Å². The van der Waals surface area contributed by atoms with Crippen LogP contribution in [0, 0.1) is 0 Å². The minimum absolute atomic E-state index is 0.370. The smallest absolute Gasteiger partial charge is 0.218 e. The monoisotopic (exact) mass is 285 g/mol. The number of benzene rings is 1. The second-order valence-electron chi connectivity index (χ2n) is 4.38. The third-order valence-electron chi connectivity index (χ3n) is 3.01. The number of aldehydes is 1. The summed E-state index contributed by atoms with van der Waals surface area (Å²) in [4.78, 5) is 29.9. The summed E-state index contributed by atoms with van der Waals surface area (Å²) in [5, 5.41) is 4.90. The van der Waals surface area contributed by atoms with Crippen LogP contribution in [0.1, 0.15) is 5.56 Å². The predicted octanol–water partition coefficient (Wildman–Crippen LogP) is 1.40. The first-order valence-electron chi connectivity index (χ1n) is 6.06. The van der Waals surface area contributed by atoms with Gasteiger partial charge in [0.05, 0.1) is 10.5 Å². The van der Waals surface area contributed by atoms with Gasteiger partial charge in [-0.2, -0.15) is 0 Å². The van der Waals surface area contributed by atoms with Gasteiger partial charge in [0.15, 0.2) is 6.29 Å². The van der Waals surface area contributed by atoms with E-state index in [-0.39, 0.29) is 0 Å². The maximum atomic E-state index is 11.3. The molecule has 2 heterocycles. The van der Waals surface area contributed by atoms with Crippen molar-refractivity contribution in [2.24, 2.45) is 0 Å². The van der Waals surface area contributed by atoms with Crippen molar-refractivity contribution >= 4 is 40.8 Å². The molecule has 1 saturated heterocycles. The van der Waals surface area contributed by atoms with Crippen LogP contribution in [0.4, 0.5) is 0 Å². The number of Topliss-reactive ketones (excluding diaryl/α,β-unsaturated/α-hetero) is 1. The van der Waals surface area contributed by atoms with E-state index in [1.807, 2.05) is 24.3 Å². The maximum Gasteiger partial charge on any atom is 0.218 e. The van der Waals surface area contributed by atoms with Crippen molar-refractivity contribution in [3.63, 3.8) is 0 Å². The van der Waals surface area contributed by atoms with Crippen LogP contribution in [0.5, 0.6) is 0 Å². The van der Waals surface area contributed by atoms with Gasteiger partial charge >= 0.3 is 0 Å². The van der Waals surface area contributed by atoms with Crippen molar-refractivity contribution in [1.82, 2.24) is 15.3 Å². The molecule has 1 aliphatic heterocycles. The summed E-state index contributed by atoms with van der Waals surface area (Å²) in [6, 6.07) is 5.46. The Morgan fingerprint density at radius 3 is 3.20 bits per heavy atom. The molecule has 1 unspecified atom stereocenters. The Morgan fingerprint density at radius 2 is 2.35 bits per heavy atom. The number of carbonyl (C=O) groups excluding carboxylic acids is 2. The maximum absolute atomic E-state index is 11.3. The van der Waals surface area contributed by atoms with Crippen molar-refractivity contribution in [3.8, 4) is 0 Å². The Balaban J connectivity index is 1.84. The third kappa shape index (κ3) is 2.55. The zero-order chi connectivity index (χ0) is 13.9. The lowest BCUT2D eigenvalue weighted by Gasteiger charge is -2.04. The van der Waals surface area contributed by atoms with Crippen LogP contribution in [0.15, 0.2) is 35.8 Å². The zero-order valence-electron chi connectivity index (χ0n) is 10.4. The highest BCUT2D eigenvalue weighted by Gasteiger charge is 2.24. The highest BCUT2D eigenvalue weighted by molar-refractivity contribution is 8.03. The molecule has 0 amide bonds. The summed E-state index contributed by atoms with van der Waals surface area (Å²) in [6.07, 6.45) is 5.60. The molecule has 0 bridgehead atoms. The van der Waals surface area contributed by atoms with E-state index >= 15 is 0 Å². The van der Waals surface area contributed by atoms with E-state index < -0.39 is 11.8 Å². The number of hydrogen-bond donors (Lipinski definition) is 1. The fourth-order valence-corrected chi connectivity index (χ4v) is 3.03. The van der Waals surface area contributed by atoms with Crippen LogP contribution in [0.2, 0.25) is 0 Å². The van der Waals surface area contributed by atoms with Gasteiger partial charge in [0, 0.05) is 17.3 Å². The standard InChI is InChI=1S/C14H11N3O2S/c18-6-13(19)12-7-20-14(17-12)4-9-1-2-11-10(3-9)5-15-8-16-11/h1-6,8,12,17H,7H2. The quantitative estimate of drug-likeness (QED) is 0.679. The molecule has 1 fully saturated rings. The molecule has 1 atom stereocenters. The molecule has 1 aromatic heterocycles. The van der Waals surface area contributed by atoms with Gasteiger partial charge in [-0.15, -0.1) is 11.8 Å². The topological polar surface area (TPSA) is 72.0 Å². The van der Waals surface area contributed by atoms with Gasteiger partial charge in [0.25, 0.3) is 0 Å². The van der Waals surface area contributed by atoms with Gasteiger partial charge in [0.2, 0.25) is 5.78 Å². The van der Waals surface area contributed by atoms with Crippen LogP contribution in [0.3, 0.4) is 0 Å². The Morgan fingerprint density at radius 1 is 1.45 bits per heavy atom. The van der Waals surface area contributed by atoms with E-state index in [1.54, 1.807) is 6.20 Å². The second-order valence-corrected chi connectivity index (χ2v) is 5.44. The molecular formula is C14H11N3O2S. The lowest BCUT2D eigenvalue weighted by Crippen LogP contribution is -2.32. The lowest BCUT2D eigenvalue weighted by molar-refractivity contribution is -0.130. The van der Waals surface area contributed by atoms with Crippen molar-refractivity contribution in [2.45, 2.75) is 6.04 Å². The Labute approximate surface area is 119 Å². The van der Waals surface area contributed by atoms with Crippen molar-refractivity contribution in [2.75, 3.05) is 5.75 Å². The largest absolute Gasteiger partial charge is 0.369 e. The van der Waals surface area contributed by atoms with E-state index in [2.05, 4.69) is 15.3 Å². The first kappa shape index (κ1) is 12.8. The van der Waals surface area contributed by atoms with Gasteiger partial charge in [0.1, 0.15) is 12.4 Å². The van der Waals surface area contributed by atoms with Crippen LogP contribution in [0.25, 0.3) is 17.0 Å². The molecule has 100 valence electrons. The predicted molar refractivity (Wildman–Crippen MR) is 78.0 cm³/mol. The normalized spacial score (nSPS) is 20.0. The molecule has 0 aliphatic carbocycles. The Bertz CT molecular complexity index is 714.